The largest absolute Gasteiger partial charge is 0.478 e. The van der Waals surface area contributed by atoms with Crippen LogP contribution >= 0.6 is 0 Å². The van der Waals surface area contributed by atoms with Crippen LogP contribution in [0.15, 0.2) is 24.3 Å². The van der Waals surface area contributed by atoms with Gasteiger partial charge in [0.1, 0.15) is 0 Å². The molecule has 1 aromatic carbocycles. The van der Waals surface area contributed by atoms with Crippen molar-refractivity contribution in [3.8, 4) is 0 Å². The molecular formula is C26H40O5. The predicted molar refractivity (Wildman–Crippen MR) is 123 cm³/mol. The Morgan fingerprint density at radius 3 is 1.45 bits per heavy atom. The van der Waals surface area contributed by atoms with Gasteiger partial charge in [0, 0.05) is 6.42 Å². The van der Waals surface area contributed by atoms with Crippen molar-refractivity contribution in [2.45, 2.75) is 110 Å². The van der Waals surface area contributed by atoms with Gasteiger partial charge in [0.15, 0.2) is 0 Å². The molecule has 1 N–H and O–H groups in total. The van der Waals surface area contributed by atoms with E-state index in [0.717, 1.165) is 19.3 Å². The van der Waals surface area contributed by atoms with Crippen molar-refractivity contribution in [3.63, 3.8) is 0 Å². The first-order valence-corrected chi connectivity index (χ1v) is 12.1. The van der Waals surface area contributed by atoms with Crippen molar-refractivity contribution in [2.75, 3.05) is 0 Å². The molecule has 0 heterocycles. The van der Waals surface area contributed by atoms with Gasteiger partial charge in [-0.3, -0.25) is 4.79 Å². The molecule has 0 radical (unpaired) electrons. The highest BCUT2D eigenvalue weighted by molar-refractivity contribution is 5.97. The standard InChI is InChI=1S/C26H40O5/c1-2-3-4-5-6-7-8-9-10-11-12-13-14-15-16-17-24(27)31-26(30)23-20-18-22(19-21-23)25(28)29/h18-21H,2-17H2,1H3,(H,28,29). The van der Waals surface area contributed by atoms with E-state index in [0.29, 0.717) is 0 Å². The molecule has 0 aliphatic carbocycles. The SMILES string of the molecule is CCCCCCCCCCCCCCCCCC(=O)OC(=O)c1ccc(C(=O)O)cc1. The number of rotatable bonds is 18. The zero-order chi connectivity index (χ0) is 22.7. The maximum atomic E-state index is 11.9. The molecule has 0 aliphatic rings. The third kappa shape index (κ3) is 13.7. The van der Waals surface area contributed by atoms with Gasteiger partial charge in [-0.25, -0.2) is 9.59 Å². The van der Waals surface area contributed by atoms with Crippen LogP contribution in [0.4, 0.5) is 0 Å². The highest BCUT2D eigenvalue weighted by atomic mass is 16.6. The Morgan fingerprint density at radius 2 is 1.03 bits per heavy atom. The molecule has 0 unspecified atom stereocenters. The van der Waals surface area contributed by atoms with Crippen LogP contribution in [0.3, 0.4) is 0 Å². The number of benzene rings is 1. The van der Waals surface area contributed by atoms with E-state index in [-0.39, 0.29) is 17.5 Å². The van der Waals surface area contributed by atoms with Gasteiger partial charge in [-0.15, -0.1) is 0 Å². The highest BCUT2D eigenvalue weighted by Gasteiger charge is 2.13. The van der Waals surface area contributed by atoms with E-state index >= 15 is 0 Å². The maximum Gasteiger partial charge on any atom is 0.345 e. The first kappa shape index (κ1) is 26.9. The second kappa shape index (κ2) is 17.5. The van der Waals surface area contributed by atoms with Gasteiger partial charge >= 0.3 is 17.9 Å². The van der Waals surface area contributed by atoms with Gasteiger partial charge in [-0.05, 0) is 30.7 Å². The van der Waals surface area contributed by atoms with Crippen LogP contribution in [0, 0.1) is 0 Å². The number of carbonyl (C=O) groups is 3. The van der Waals surface area contributed by atoms with E-state index in [4.69, 9.17) is 9.84 Å². The Balaban J connectivity index is 1.94. The molecule has 0 spiro atoms. The quantitative estimate of drug-likeness (QED) is 0.149. The summed E-state index contributed by atoms with van der Waals surface area (Å²) in [5.41, 5.74) is 0.260. The Morgan fingerprint density at radius 1 is 0.645 bits per heavy atom. The molecule has 174 valence electrons. The number of carboxylic acids is 1. The number of hydrogen-bond donors (Lipinski definition) is 1. The Bertz CT molecular complexity index is 636. The third-order valence-electron chi connectivity index (χ3n) is 5.56. The number of unbranched alkanes of at least 4 members (excludes halogenated alkanes) is 14. The molecule has 0 amide bonds. The summed E-state index contributed by atoms with van der Waals surface area (Å²) in [5.74, 6) is -2.32. The predicted octanol–water partition coefficient (Wildman–Crippen LogP) is 7.33. The van der Waals surface area contributed by atoms with E-state index in [2.05, 4.69) is 6.92 Å². The molecule has 0 saturated heterocycles. The zero-order valence-corrected chi connectivity index (χ0v) is 19.2. The van der Waals surface area contributed by atoms with Gasteiger partial charge in [0.2, 0.25) is 0 Å². The van der Waals surface area contributed by atoms with Gasteiger partial charge in [0.05, 0.1) is 11.1 Å². The van der Waals surface area contributed by atoms with Crippen LogP contribution in [0.1, 0.15) is 130 Å². The number of esters is 2. The summed E-state index contributed by atoms with van der Waals surface area (Å²) < 4.78 is 4.83. The molecule has 0 fully saturated rings. The molecule has 0 bridgehead atoms. The average molecular weight is 433 g/mol. The highest BCUT2D eigenvalue weighted by Crippen LogP contribution is 2.14. The van der Waals surface area contributed by atoms with Crippen molar-refractivity contribution >= 4 is 17.9 Å². The fourth-order valence-electron chi connectivity index (χ4n) is 3.60. The van der Waals surface area contributed by atoms with E-state index in [9.17, 15) is 14.4 Å². The molecule has 5 nitrogen and oxygen atoms in total. The molecule has 1 aromatic rings. The minimum atomic E-state index is -1.07. The summed E-state index contributed by atoms with van der Waals surface area (Å²) in [4.78, 5) is 34.5. The normalized spacial score (nSPS) is 10.7. The lowest BCUT2D eigenvalue weighted by Crippen LogP contribution is -2.12. The van der Waals surface area contributed by atoms with Gasteiger partial charge in [-0.1, -0.05) is 96.8 Å². The van der Waals surface area contributed by atoms with E-state index in [1.165, 1.54) is 101 Å². The lowest BCUT2D eigenvalue weighted by Gasteiger charge is -2.04. The second-order valence-corrected chi connectivity index (χ2v) is 8.34. The van der Waals surface area contributed by atoms with E-state index in [1.807, 2.05) is 0 Å². The first-order chi connectivity index (χ1) is 15.0. The smallest absolute Gasteiger partial charge is 0.345 e. The van der Waals surface area contributed by atoms with E-state index < -0.39 is 17.9 Å². The fourth-order valence-corrected chi connectivity index (χ4v) is 3.60. The zero-order valence-electron chi connectivity index (χ0n) is 19.2. The van der Waals surface area contributed by atoms with Crippen LogP contribution in [0.2, 0.25) is 0 Å². The topological polar surface area (TPSA) is 80.7 Å². The summed E-state index contributed by atoms with van der Waals surface area (Å²) in [6.45, 7) is 2.25. The van der Waals surface area contributed by atoms with Gasteiger partial charge in [-0.2, -0.15) is 0 Å². The van der Waals surface area contributed by atoms with Crippen LogP contribution in [-0.4, -0.2) is 23.0 Å². The van der Waals surface area contributed by atoms with Crippen molar-refractivity contribution < 1.29 is 24.2 Å². The van der Waals surface area contributed by atoms with Crippen molar-refractivity contribution in [2.24, 2.45) is 0 Å². The number of carbonyl (C=O) groups excluding carboxylic acids is 2. The Hall–Kier alpha value is -2.17. The number of aromatic carboxylic acids is 1. The molecule has 5 heteroatoms. The summed E-state index contributed by atoms with van der Waals surface area (Å²) in [6, 6.07) is 5.34. The molecule has 1 rings (SSSR count). The minimum Gasteiger partial charge on any atom is -0.478 e. The monoisotopic (exact) mass is 432 g/mol. The first-order valence-electron chi connectivity index (χ1n) is 12.1. The minimum absolute atomic E-state index is 0.0840. The number of carboxylic acid groups (broad SMARTS) is 1. The molecule has 0 aromatic heterocycles. The molecule has 31 heavy (non-hydrogen) atoms. The molecule has 0 aliphatic heterocycles. The molecule has 0 saturated carbocycles. The fraction of sp³-hybridized carbons (Fsp3) is 0.654. The van der Waals surface area contributed by atoms with Gasteiger partial charge < -0.3 is 9.84 Å². The summed E-state index contributed by atoms with van der Waals surface area (Å²) >= 11 is 0. The van der Waals surface area contributed by atoms with Crippen LogP contribution in [-0.2, 0) is 9.53 Å². The third-order valence-corrected chi connectivity index (χ3v) is 5.56. The van der Waals surface area contributed by atoms with Crippen molar-refractivity contribution in [3.05, 3.63) is 35.4 Å². The summed E-state index contributed by atoms with van der Waals surface area (Å²) in [5, 5.41) is 8.85. The number of hydrogen-bond acceptors (Lipinski definition) is 4. The maximum absolute atomic E-state index is 11.9. The average Bonchev–Trinajstić information content (AvgIpc) is 2.76. The molecular weight excluding hydrogens is 392 g/mol. The lowest BCUT2D eigenvalue weighted by molar-refractivity contribution is -0.138. The van der Waals surface area contributed by atoms with Crippen molar-refractivity contribution in [1.82, 2.24) is 0 Å². The lowest BCUT2D eigenvalue weighted by atomic mass is 10.0. The Kier molecular flexibility index (Phi) is 15.2. The van der Waals surface area contributed by atoms with E-state index in [1.54, 1.807) is 0 Å². The second-order valence-electron chi connectivity index (χ2n) is 8.34. The Labute approximate surface area is 187 Å². The van der Waals surface area contributed by atoms with Crippen LogP contribution in [0.25, 0.3) is 0 Å². The summed E-state index contributed by atoms with van der Waals surface area (Å²) in [6.07, 6.45) is 19.1. The van der Waals surface area contributed by atoms with Gasteiger partial charge in [0.25, 0.3) is 0 Å². The molecule has 0 atom stereocenters. The van der Waals surface area contributed by atoms with Crippen molar-refractivity contribution in [1.29, 1.82) is 0 Å². The summed E-state index contributed by atoms with van der Waals surface area (Å²) in [7, 11) is 0. The number of ether oxygens (including phenoxy) is 1. The van der Waals surface area contributed by atoms with Crippen LogP contribution in [0.5, 0.6) is 0 Å². The van der Waals surface area contributed by atoms with Crippen LogP contribution < -0.4 is 0 Å².